The molecule has 1 saturated heterocycles. The summed E-state index contributed by atoms with van der Waals surface area (Å²) < 4.78 is 0.730. The number of carbonyl (C=O) groups is 1. The number of likely N-dealkylation sites (tertiary alicyclic amines) is 1. The van der Waals surface area contributed by atoms with Gasteiger partial charge in [0.2, 0.25) is 5.91 Å². The van der Waals surface area contributed by atoms with Gasteiger partial charge < -0.3 is 10.0 Å². The minimum absolute atomic E-state index is 0.0483. The van der Waals surface area contributed by atoms with Crippen LogP contribution in [0.2, 0.25) is 4.34 Å². The van der Waals surface area contributed by atoms with E-state index in [1.54, 1.807) is 6.08 Å². The van der Waals surface area contributed by atoms with E-state index in [2.05, 4.69) is 0 Å². The number of aliphatic hydroxyl groups is 1. The van der Waals surface area contributed by atoms with Crippen LogP contribution in [0.1, 0.15) is 24.1 Å². The lowest BCUT2D eigenvalue weighted by Crippen LogP contribution is -2.39. The number of nitrogens with zero attached hydrogens (tertiary/aromatic N) is 1. The number of thiophene rings is 1. The first kappa shape index (κ1) is 14.6. The molecule has 5 heteroatoms. The highest BCUT2D eigenvalue weighted by atomic mass is 35.5. The molecule has 0 radical (unpaired) electrons. The van der Waals surface area contributed by atoms with Gasteiger partial charge in [-0.3, -0.25) is 4.79 Å². The maximum Gasteiger partial charge on any atom is 0.246 e. The molecule has 0 saturated carbocycles. The van der Waals surface area contributed by atoms with E-state index in [1.807, 2.05) is 23.1 Å². The molecule has 0 aromatic carbocycles. The SMILES string of the molecule is O=C(C=Cc1ccc(Cl)s1)N1CCCC(CCO)C1. The molecular formula is C14H18ClNO2S. The van der Waals surface area contributed by atoms with Crippen LogP contribution in [-0.4, -0.2) is 35.6 Å². The molecule has 1 atom stereocenters. The number of hydrogen-bond acceptors (Lipinski definition) is 3. The first-order valence-electron chi connectivity index (χ1n) is 6.52. The van der Waals surface area contributed by atoms with Gasteiger partial charge in [-0.15, -0.1) is 11.3 Å². The van der Waals surface area contributed by atoms with Crippen molar-refractivity contribution in [2.45, 2.75) is 19.3 Å². The first-order valence-corrected chi connectivity index (χ1v) is 7.71. The van der Waals surface area contributed by atoms with Crippen LogP contribution in [0.25, 0.3) is 6.08 Å². The molecule has 1 aromatic rings. The summed E-state index contributed by atoms with van der Waals surface area (Å²) in [5.74, 6) is 0.486. The molecule has 2 heterocycles. The Hall–Kier alpha value is -0.840. The second-order valence-electron chi connectivity index (χ2n) is 4.78. The number of hydrogen-bond donors (Lipinski definition) is 1. The molecule has 1 unspecified atom stereocenters. The third-order valence-corrected chi connectivity index (χ3v) is 4.55. The van der Waals surface area contributed by atoms with Crippen LogP contribution in [0.4, 0.5) is 0 Å². The lowest BCUT2D eigenvalue weighted by atomic mass is 9.95. The standard InChI is InChI=1S/C14H18ClNO2S/c15-13-5-3-12(19-13)4-6-14(18)16-8-1-2-11(10-16)7-9-17/h3-6,11,17H,1-2,7-10H2. The van der Waals surface area contributed by atoms with Crippen LogP contribution in [0.5, 0.6) is 0 Å². The average molecular weight is 300 g/mol. The third-order valence-electron chi connectivity index (χ3n) is 3.35. The number of piperidine rings is 1. The van der Waals surface area contributed by atoms with E-state index < -0.39 is 0 Å². The predicted octanol–water partition coefficient (Wildman–Crippen LogP) is 3.04. The number of halogens is 1. The van der Waals surface area contributed by atoms with Gasteiger partial charge in [0.15, 0.2) is 0 Å². The minimum Gasteiger partial charge on any atom is -0.396 e. The smallest absolute Gasteiger partial charge is 0.246 e. The second-order valence-corrected chi connectivity index (χ2v) is 6.53. The van der Waals surface area contributed by atoms with Crippen LogP contribution in [0.15, 0.2) is 18.2 Å². The molecule has 1 N–H and O–H groups in total. The van der Waals surface area contributed by atoms with Crippen molar-refractivity contribution in [3.8, 4) is 0 Å². The van der Waals surface area contributed by atoms with E-state index in [0.717, 1.165) is 41.6 Å². The van der Waals surface area contributed by atoms with Gasteiger partial charge in [0.1, 0.15) is 0 Å². The van der Waals surface area contributed by atoms with Crippen molar-refractivity contribution in [2.24, 2.45) is 5.92 Å². The van der Waals surface area contributed by atoms with Gasteiger partial charge in [0.05, 0.1) is 4.34 Å². The normalized spacial score (nSPS) is 20.1. The van der Waals surface area contributed by atoms with Crippen molar-refractivity contribution >= 4 is 34.9 Å². The summed E-state index contributed by atoms with van der Waals surface area (Å²) in [5.41, 5.74) is 0. The fraction of sp³-hybridized carbons (Fsp3) is 0.500. The maximum atomic E-state index is 12.1. The van der Waals surface area contributed by atoms with Crippen molar-refractivity contribution in [1.82, 2.24) is 4.90 Å². The van der Waals surface area contributed by atoms with E-state index in [9.17, 15) is 4.79 Å². The Kier molecular flexibility index (Phi) is 5.43. The van der Waals surface area contributed by atoms with Gasteiger partial charge in [0.25, 0.3) is 0 Å². The summed E-state index contributed by atoms with van der Waals surface area (Å²) in [6.07, 6.45) is 6.34. The molecule has 1 aliphatic rings. The number of aliphatic hydroxyl groups excluding tert-OH is 1. The highest BCUT2D eigenvalue weighted by Gasteiger charge is 2.21. The Bertz CT molecular complexity index is 456. The van der Waals surface area contributed by atoms with Crippen LogP contribution >= 0.6 is 22.9 Å². The van der Waals surface area contributed by atoms with Crippen molar-refractivity contribution in [3.63, 3.8) is 0 Å². The van der Waals surface area contributed by atoms with Crippen LogP contribution < -0.4 is 0 Å². The van der Waals surface area contributed by atoms with Crippen LogP contribution in [-0.2, 0) is 4.79 Å². The van der Waals surface area contributed by atoms with E-state index in [-0.39, 0.29) is 12.5 Å². The fourth-order valence-electron chi connectivity index (χ4n) is 2.36. The monoisotopic (exact) mass is 299 g/mol. The topological polar surface area (TPSA) is 40.5 Å². The molecule has 1 fully saturated rings. The Morgan fingerprint density at radius 3 is 3.11 bits per heavy atom. The summed E-state index contributed by atoms with van der Waals surface area (Å²) in [7, 11) is 0. The summed E-state index contributed by atoms with van der Waals surface area (Å²) in [4.78, 5) is 14.9. The molecule has 0 bridgehead atoms. The average Bonchev–Trinajstić information content (AvgIpc) is 2.82. The molecule has 1 aliphatic heterocycles. The van der Waals surface area contributed by atoms with Crippen molar-refractivity contribution in [3.05, 3.63) is 27.4 Å². The zero-order chi connectivity index (χ0) is 13.7. The Balaban J connectivity index is 1.90. The summed E-state index contributed by atoms with van der Waals surface area (Å²) in [6.45, 7) is 1.78. The van der Waals surface area contributed by atoms with Crippen LogP contribution in [0.3, 0.4) is 0 Å². The van der Waals surface area contributed by atoms with Crippen LogP contribution in [0, 0.1) is 5.92 Å². The third kappa shape index (κ3) is 4.34. The minimum atomic E-state index is 0.0483. The second kappa shape index (κ2) is 7.08. The van der Waals surface area contributed by atoms with Gasteiger partial charge >= 0.3 is 0 Å². The fourth-order valence-corrected chi connectivity index (χ4v) is 3.32. The number of amides is 1. The van der Waals surface area contributed by atoms with Gasteiger partial charge in [-0.05, 0) is 43.4 Å². The lowest BCUT2D eigenvalue weighted by molar-refractivity contribution is -0.127. The molecular weight excluding hydrogens is 282 g/mol. The predicted molar refractivity (Wildman–Crippen MR) is 79.4 cm³/mol. The Morgan fingerprint density at radius 1 is 1.58 bits per heavy atom. The molecule has 1 amide bonds. The van der Waals surface area contributed by atoms with E-state index in [1.165, 1.54) is 11.3 Å². The molecule has 0 spiro atoms. The number of carbonyl (C=O) groups excluding carboxylic acids is 1. The van der Waals surface area contributed by atoms with Gasteiger partial charge in [-0.2, -0.15) is 0 Å². The first-order chi connectivity index (χ1) is 9.19. The summed E-state index contributed by atoms with van der Waals surface area (Å²) in [6, 6.07) is 3.73. The molecule has 3 nitrogen and oxygen atoms in total. The number of rotatable bonds is 4. The maximum absolute atomic E-state index is 12.1. The van der Waals surface area contributed by atoms with E-state index >= 15 is 0 Å². The van der Waals surface area contributed by atoms with E-state index in [4.69, 9.17) is 16.7 Å². The Labute approximate surface area is 122 Å². The molecule has 2 rings (SSSR count). The largest absolute Gasteiger partial charge is 0.396 e. The lowest BCUT2D eigenvalue weighted by Gasteiger charge is -2.31. The van der Waals surface area contributed by atoms with Crippen molar-refractivity contribution in [2.75, 3.05) is 19.7 Å². The zero-order valence-electron chi connectivity index (χ0n) is 10.7. The molecule has 104 valence electrons. The molecule has 0 aliphatic carbocycles. The summed E-state index contributed by atoms with van der Waals surface area (Å²) in [5, 5.41) is 8.97. The summed E-state index contributed by atoms with van der Waals surface area (Å²) >= 11 is 7.30. The van der Waals surface area contributed by atoms with Gasteiger partial charge in [0, 0.05) is 30.6 Å². The van der Waals surface area contributed by atoms with Gasteiger partial charge in [-0.1, -0.05) is 11.6 Å². The molecule has 1 aromatic heterocycles. The van der Waals surface area contributed by atoms with Gasteiger partial charge in [-0.25, -0.2) is 0 Å². The highest BCUT2D eigenvalue weighted by Crippen LogP contribution is 2.23. The highest BCUT2D eigenvalue weighted by molar-refractivity contribution is 7.17. The quantitative estimate of drug-likeness (QED) is 0.868. The van der Waals surface area contributed by atoms with Crippen molar-refractivity contribution in [1.29, 1.82) is 0 Å². The van der Waals surface area contributed by atoms with Crippen molar-refractivity contribution < 1.29 is 9.90 Å². The van der Waals surface area contributed by atoms with E-state index in [0.29, 0.717) is 5.92 Å². The Morgan fingerprint density at radius 2 is 2.42 bits per heavy atom. The zero-order valence-corrected chi connectivity index (χ0v) is 12.3. The molecule has 19 heavy (non-hydrogen) atoms.